The van der Waals surface area contributed by atoms with Crippen molar-refractivity contribution < 1.29 is 18.5 Å². The van der Waals surface area contributed by atoms with Crippen molar-refractivity contribution in [1.82, 2.24) is 0 Å². The molecule has 1 aromatic carbocycles. The Kier molecular flexibility index (Phi) is 4.04. The standard InChI is InChI=1S/C8H10O4S/c1-7-2-4-8(5-3-7)13(10)12-11-6-9/h2-5,9H,6H2,1H3. The maximum Gasteiger partial charge on any atom is 0.220 e. The van der Waals surface area contributed by atoms with Crippen LogP contribution in [0.15, 0.2) is 29.2 Å². The Hall–Kier alpha value is -0.750. The highest BCUT2D eigenvalue weighted by Gasteiger charge is 2.03. The lowest BCUT2D eigenvalue weighted by molar-refractivity contribution is -0.245. The van der Waals surface area contributed by atoms with E-state index in [9.17, 15) is 4.21 Å². The number of rotatable bonds is 4. The molecule has 1 unspecified atom stereocenters. The zero-order valence-electron chi connectivity index (χ0n) is 7.10. The summed E-state index contributed by atoms with van der Waals surface area (Å²) in [6.45, 7) is 1.31. The van der Waals surface area contributed by atoms with Crippen LogP contribution in [0.2, 0.25) is 0 Å². The summed E-state index contributed by atoms with van der Waals surface area (Å²) < 4.78 is 15.5. The fourth-order valence-electron chi connectivity index (χ4n) is 0.754. The van der Waals surface area contributed by atoms with E-state index in [0.29, 0.717) is 4.90 Å². The fraction of sp³-hybridized carbons (Fsp3) is 0.250. The van der Waals surface area contributed by atoms with Gasteiger partial charge in [-0.2, -0.15) is 4.89 Å². The second-order valence-corrected chi connectivity index (χ2v) is 3.44. The number of aliphatic hydroxyl groups excluding tert-OH is 1. The van der Waals surface area contributed by atoms with E-state index in [0.717, 1.165) is 5.56 Å². The van der Waals surface area contributed by atoms with Gasteiger partial charge in [-0.3, -0.25) is 0 Å². The first-order valence-corrected chi connectivity index (χ1v) is 4.71. The van der Waals surface area contributed by atoms with E-state index < -0.39 is 17.9 Å². The minimum Gasteiger partial charge on any atom is -0.368 e. The minimum atomic E-state index is -1.67. The van der Waals surface area contributed by atoms with Gasteiger partial charge in [-0.05, 0) is 19.1 Å². The normalized spacial score (nSPS) is 12.8. The van der Waals surface area contributed by atoms with Crippen molar-refractivity contribution in [2.24, 2.45) is 0 Å². The third kappa shape index (κ3) is 3.23. The SMILES string of the molecule is Cc1ccc(S(=O)OOCO)cc1. The molecule has 1 N–H and O–H groups in total. The van der Waals surface area contributed by atoms with E-state index in [2.05, 4.69) is 9.22 Å². The predicted molar refractivity (Wildman–Crippen MR) is 46.8 cm³/mol. The summed E-state index contributed by atoms with van der Waals surface area (Å²) >= 11 is -1.67. The Labute approximate surface area is 78.7 Å². The predicted octanol–water partition coefficient (Wildman–Crippen LogP) is 0.916. The molecule has 0 heterocycles. The minimum absolute atomic E-state index is 0.499. The zero-order chi connectivity index (χ0) is 9.68. The van der Waals surface area contributed by atoms with Gasteiger partial charge < -0.3 is 5.11 Å². The van der Waals surface area contributed by atoms with Crippen molar-refractivity contribution in [3.05, 3.63) is 29.8 Å². The van der Waals surface area contributed by atoms with Crippen LogP contribution in [0.1, 0.15) is 5.56 Å². The Morgan fingerprint density at radius 2 is 2.00 bits per heavy atom. The van der Waals surface area contributed by atoms with Gasteiger partial charge in [0.2, 0.25) is 11.1 Å². The summed E-state index contributed by atoms with van der Waals surface area (Å²) in [5, 5.41) is 8.22. The number of benzene rings is 1. The topological polar surface area (TPSA) is 55.8 Å². The highest BCUT2D eigenvalue weighted by molar-refractivity contribution is 7.80. The molecule has 0 radical (unpaired) electrons. The number of hydrogen-bond acceptors (Lipinski definition) is 4. The van der Waals surface area contributed by atoms with E-state index in [1.165, 1.54) is 0 Å². The molecule has 0 saturated carbocycles. The number of aryl methyl sites for hydroxylation is 1. The molecule has 0 aromatic heterocycles. The Morgan fingerprint density at radius 1 is 1.38 bits per heavy atom. The summed E-state index contributed by atoms with van der Waals surface area (Å²) in [6.07, 6.45) is 0. The van der Waals surface area contributed by atoms with E-state index in [1.807, 2.05) is 19.1 Å². The van der Waals surface area contributed by atoms with E-state index in [1.54, 1.807) is 12.1 Å². The first-order chi connectivity index (χ1) is 6.24. The average Bonchev–Trinajstić information content (AvgIpc) is 2.15. The molecule has 0 bridgehead atoms. The van der Waals surface area contributed by atoms with Crippen LogP contribution in [0.25, 0.3) is 0 Å². The van der Waals surface area contributed by atoms with Crippen LogP contribution in [0, 0.1) is 6.92 Å². The smallest absolute Gasteiger partial charge is 0.220 e. The van der Waals surface area contributed by atoms with E-state index in [4.69, 9.17) is 5.11 Å². The first kappa shape index (κ1) is 10.3. The maximum absolute atomic E-state index is 11.2. The second-order valence-electron chi connectivity index (χ2n) is 2.36. The molecule has 0 saturated heterocycles. The maximum atomic E-state index is 11.2. The molecule has 0 aliphatic carbocycles. The molecule has 5 heteroatoms. The van der Waals surface area contributed by atoms with Crippen molar-refractivity contribution in [3.8, 4) is 0 Å². The molecular weight excluding hydrogens is 192 g/mol. The lowest BCUT2D eigenvalue weighted by Gasteiger charge is -2.00. The van der Waals surface area contributed by atoms with Gasteiger partial charge in [0.1, 0.15) is 0 Å². The van der Waals surface area contributed by atoms with Crippen LogP contribution in [0.4, 0.5) is 0 Å². The first-order valence-electron chi connectivity index (χ1n) is 3.63. The van der Waals surface area contributed by atoms with Crippen LogP contribution in [-0.4, -0.2) is 16.1 Å². The van der Waals surface area contributed by atoms with E-state index in [-0.39, 0.29) is 0 Å². The Bertz CT molecular complexity index is 283. The molecule has 0 amide bonds. The molecule has 1 aromatic rings. The average molecular weight is 202 g/mol. The fourth-order valence-corrected chi connectivity index (χ4v) is 1.32. The molecule has 72 valence electrons. The number of aliphatic hydroxyl groups is 1. The van der Waals surface area contributed by atoms with Crippen molar-refractivity contribution in [3.63, 3.8) is 0 Å². The molecular formula is C8H10O4S. The van der Waals surface area contributed by atoms with Gasteiger partial charge >= 0.3 is 0 Å². The Morgan fingerprint density at radius 3 is 2.54 bits per heavy atom. The summed E-state index contributed by atoms with van der Waals surface area (Å²) in [6, 6.07) is 6.98. The van der Waals surface area contributed by atoms with Gasteiger partial charge in [0.15, 0.2) is 6.79 Å². The van der Waals surface area contributed by atoms with Crippen molar-refractivity contribution in [2.45, 2.75) is 11.8 Å². The lowest BCUT2D eigenvalue weighted by atomic mass is 10.2. The molecule has 4 nitrogen and oxygen atoms in total. The number of hydrogen-bond donors (Lipinski definition) is 1. The largest absolute Gasteiger partial charge is 0.368 e. The molecule has 13 heavy (non-hydrogen) atoms. The third-order valence-electron chi connectivity index (χ3n) is 1.38. The van der Waals surface area contributed by atoms with E-state index >= 15 is 0 Å². The molecule has 0 spiro atoms. The molecule has 0 aliphatic heterocycles. The van der Waals surface area contributed by atoms with Gasteiger partial charge in [0.05, 0.1) is 4.90 Å². The summed E-state index contributed by atoms with van der Waals surface area (Å²) in [5.41, 5.74) is 1.07. The summed E-state index contributed by atoms with van der Waals surface area (Å²) in [5.74, 6) is 0. The quantitative estimate of drug-likeness (QED) is 0.448. The lowest BCUT2D eigenvalue weighted by Crippen LogP contribution is -2.00. The van der Waals surface area contributed by atoms with Crippen LogP contribution in [0.5, 0.6) is 0 Å². The molecule has 1 atom stereocenters. The summed E-state index contributed by atoms with van der Waals surface area (Å²) in [7, 11) is 0. The van der Waals surface area contributed by atoms with Gasteiger partial charge in [-0.25, -0.2) is 4.21 Å². The van der Waals surface area contributed by atoms with Crippen LogP contribution >= 0.6 is 0 Å². The Balaban J connectivity index is 2.61. The van der Waals surface area contributed by atoms with Crippen LogP contribution < -0.4 is 0 Å². The molecule has 1 rings (SSSR count). The molecule has 0 fully saturated rings. The van der Waals surface area contributed by atoms with Crippen LogP contribution in [0.3, 0.4) is 0 Å². The van der Waals surface area contributed by atoms with Gasteiger partial charge in [0.25, 0.3) is 0 Å². The zero-order valence-corrected chi connectivity index (χ0v) is 7.91. The monoisotopic (exact) mass is 202 g/mol. The van der Waals surface area contributed by atoms with Crippen LogP contribution in [-0.2, 0) is 20.3 Å². The van der Waals surface area contributed by atoms with Crippen molar-refractivity contribution >= 4 is 11.1 Å². The van der Waals surface area contributed by atoms with Crippen molar-refractivity contribution in [2.75, 3.05) is 6.79 Å². The second kappa shape index (κ2) is 5.08. The van der Waals surface area contributed by atoms with Gasteiger partial charge in [0, 0.05) is 0 Å². The third-order valence-corrected chi connectivity index (χ3v) is 2.25. The molecule has 0 aliphatic rings. The highest BCUT2D eigenvalue weighted by atomic mass is 32.2. The highest BCUT2D eigenvalue weighted by Crippen LogP contribution is 2.09. The van der Waals surface area contributed by atoms with Gasteiger partial charge in [-0.15, -0.1) is 4.33 Å². The summed E-state index contributed by atoms with van der Waals surface area (Å²) in [4.78, 5) is 4.63. The van der Waals surface area contributed by atoms with Crippen molar-refractivity contribution in [1.29, 1.82) is 0 Å². The van der Waals surface area contributed by atoms with Gasteiger partial charge in [-0.1, -0.05) is 17.7 Å².